The van der Waals surface area contributed by atoms with Crippen LogP contribution in [0.25, 0.3) is 0 Å². The van der Waals surface area contributed by atoms with Gasteiger partial charge in [0.25, 0.3) is 0 Å². The Hall–Kier alpha value is -1.23. The smallest absolute Gasteiger partial charge is 0.150 e. The fraction of sp³-hybridized carbons (Fsp3) is 0.727. The molecule has 2 N–H and O–H groups in total. The van der Waals surface area contributed by atoms with Crippen LogP contribution in [0.4, 0.5) is 11.5 Å². The fourth-order valence-corrected chi connectivity index (χ4v) is 2.39. The molecule has 2 heterocycles. The monoisotopic (exact) mass is 223 g/mol. The van der Waals surface area contributed by atoms with E-state index in [9.17, 15) is 0 Å². The number of likely N-dealkylation sites (N-methyl/N-ethyl adjacent to an activating group) is 1. The van der Waals surface area contributed by atoms with Gasteiger partial charge in [0.05, 0.1) is 11.4 Å². The second kappa shape index (κ2) is 3.97. The molecule has 1 aliphatic rings. The van der Waals surface area contributed by atoms with Crippen LogP contribution in [-0.2, 0) is 7.05 Å². The summed E-state index contributed by atoms with van der Waals surface area (Å²) in [6, 6.07) is 0.620. The number of aryl methyl sites for hydroxylation is 2. The quantitative estimate of drug-likeness (QED) is 0.791. The summed E-state index contributed by atoms with van der Waals surface area (Å²) in [6.45, 7) is 4.06. The Bertz CT molecular complexity index is 382. The lowest BCUT2D eigenvalue weighted by atomic mass is 10.2. The lowest BCUT2D eigenvalue weighted by Crippen LogP contribution is -2.32. The third-order valence-electron chi connectivity index (χ3n) is 3.43. The molecular weight excluding hydrogens is 202 g/mol. The van der Waals surface area contributed by atoms with Gasteiger partial charge in [-0.2, -0.15) is 5.10 Å². The number of hydrogen-bond acceptors (Lipinski definition) is 4. The summed E-state index contributed by atoms with van der Waals surface area (Å²) >= 11 is 0. The Kier molecular flexibility index (Phi) is 2.80. The van der Waals surface area contributed by atoms with Crippen molar-refractivity contribution >= 4 is 11.5 Å². The van der Waals surface area contributed by atoms with E-state index in [2.05, 4.69) is 29.0 Å². The predicted octanol–water partition coefficient (Wildman–Crippen LogP) is 0.451. The van der Waals surface area contributed by atoms with Gasteiger partial charge in [0, 0.05) is 26.2 Å². The van der Waals surface area contributed by atoms with Crippen molar-refractivity contribution in [1.82, 2.24) is 14.7 Å². The van der Waals surface area contributed by atoms with Crippen molar-refractivity contribution < 1.29 is 0 Å². The first-order valence-corrected chi connectivity index (χ1v) is 5.71. The maximum Gasteiger partial charge on any atom is 0.150 e. The molecule has 1 aromatic rings. The second-order valence-corrected chi connectivity index (χ2v) is 4.80. The number of anilines is 2. The Morgan fingerprint density at radius 1 is 1.44 bits per heavy atom. The first-order chi connectivity index (χ1) is 7.50. The molecule has 1 unspecified atom stereocenters. The lowest BCUT2D eigenvalue weighted by molar-refractivity contribution is 0.315. The third-order valence-corrected chi connectivity index (χ3v) is 3.43. The zero-order valence-corrected chi connectivity index (χ0v) is 10.6. The molecule has 90 valence electrons. The van der Waals surface area contributed by atoms with Crippen LogP contribution < -0.4 is 10.6 Å². The summed E-state index contributed by atoms with van der Waals surface area (Å²) in [5.41, 5.74) is 7.81. The summed E-state index contributed by atoms with van der Waals surface area (Å²) < 4.78 is 1.89. The highest BCUT2D eigenvalue weighted by Crippen LogP contribution is 2.29. The zero-order valence-electron chi connectivity index (χ0n) is 10.6. The molecule has 0 spiro atoms. The van der Waals surface area contributed by atoms with Crippen molar-refractivity contribution in [3.63, 3.8) is 0 Å². The highest BCUT2D eigenvalue weighted by molar-refractivity contribution is 5.66. The SMILES string of the molecule is Cc1nn(C)c(N2CCC(N(C)C)C2)c1N. The number of hydrogen-bond donors (Lipinski definition) is 1. The van der Waals surface area contributed by atoms with Gasteiger partial charge in [0.2, 0.25) is 0 Å². The van der Waals surface area contributed by atoms with Crippen LogP contribution in [0, 0.1) is 6.92 Å². The molecule has 0 amide bonds. The van der Waals surface area contributed by atoms with Gasteiger partial charge in [-0.3, -0.25) is 4.68 Å². The molecular formula is C11H21N5. The molecule has 16 heavy (non-hydrogen) atoms. The molecule has 0 radical (unpaired) electrons. The van der Waals surface area contributed by atoms with Gasteiger partial charge in [-0.05, 0) is 27.4 Å². The van der Waals surface area contributed by atoms with Gasteiger partial charge in [0.15, 0.2) is 0 Å². The van der Waals surface area contributed by atoms with E-state index < -0.39 is 0 Å². The minimum Gasteiger partial charge on any atom is -0.394 e. The maximum absolute atomic E-state index is 6.07. The molecule has 0 aliphatic carbocycles. The number of nitrogens with two attached hydrogens (primary N) is 1. The number of aromatic nitrogens is 2. The summed E-state index contributed by atoms with van der Waals surface area (Å²) in [6.07, 6.45) is 1.19. The van der Waals surface area contributed by atoms with Gasteiger partial charge in [0.1, 0.15) is 5.82 Å². The molecule has 1 fully saturated rings. The van der Waals surface area contributed by atoms with Crippen LogP contribution in [0.3, 0.4) is 0 Å². The van der Waals surface area contributed by atoms with Gasteiger partial charge < -0.3 is 15.5 Å². The standard InChI is InChI=1S/C11H21N5/c1-8-10(12)11(15(4)13-8)16-6-5-9(7-16)14(2)3/h9H,5-7,12H2,1-4H3. The van der Waals surface area contributed by atoms with E-state index in [1.165, 1.54) is 6.42 Å². The van der Waals surface area contributed by atoms with Gasteiger partial charge >= 0.3 is 0 Å². The number of rotatable bonds is 2. The van der Waals surface area contributed by atoms with Gasteiger partial charge in [-0.25, -0.2) is 0 Å². The molecule has 1 aliphatic heterocycles. The minimum absolute atomic E-state index is 0.620. The molecule has 1 aromatic heterocycles. The Balaban J connectivity index is 2.20. The third kappa shape index (κ3) is 1.75. The van der Waals surface area contributed by atoms with Crippen molar-refractivity contribution in [3.8, 4) is 0 Å². The molecule has 5 heteroatoms. The zero-order chi connectivity index (χ0) is 11.9. The Labute approximate surface area is 96.8 Å². The first-order valence-electron chi connectivity index (χ1n) is 5.71. The summed E-state index contributed by atoms with van der Waals surface area (Å²) in [5.74, 6) is 1.07. The molecule has 2 rings (SSSR count). The highest BCUT2D eigenvalue weighted by atomic mass is 15.4. The largest absolute Gasteiger partial charge is 0.394 e. The van der Waals surface area contributed by atoms with Crippen molar-refractivity contribution in [2.75, 3.05) is 37.8 Å². The first kappa shape index (κ1) is 11.3. The molecule has 1 saturated heterocycles. The normalized spacial score (nSPS) is 21.1. The minimum atomic E-state index is 0.620. The van der Waals surface area contributed by atoms with E-state index in [0.717, 1.165) is 30.3 Å². The van der Waals surface area contributed by atoms with E-state index in [-0.39, 0.29) is 0 Å². The fourth-order valence-electron chi connectivity index (χ4n) is 2.39. The van der Waals surface area contributed by atoms with Crippen LogP contribution in [-0.4, -0.2) is 47.9 Å². The molecule has 0 saturated carbocycles. The van der Waals surface area contributed by atoms with E-state index >= 15 is 0 Å². The average Bonchev–Trinajstić information content (AvgIpc) is 2.74. The number of nitrogen functional groups attached to an aromatic ring is 1. The lowest BCUT2D eigenvalue weighted by Gasteiger charge is -2.22. The van der Waals surface area contributed by atoms with Crippen molar-refractivity contribution in [3.05, 3.63) is 5.69 Å². The Morgan fingerprint density at radius 2 is 2.12 bits per heavy atom. The molecule has 0 bridgehead atoms. The van der Waals surface area contributed by atoms with E-state index in [1.54, 1.807) is 0 Å². The second-order valence-electron chi connectivity index (χ2n) is 4.80. The summed E-state index contributed by atoms with van der Waals surface area (Å²) in [5, 5.41) is 4.36. The summed E-state index contributed by atoms with van der Waals surface area (Å²) in [7, 11) is 6.22. The average molecular weight is 223 g/mol. The van der Waals surface area contributed by atoms with Gasteiger partial charge in [-0.1, -0.05) is 0 Å². The molecule has 5 nitrogen and oxygen atoms in total. The van der Waals surface area contributed by atoms with E-state index in [0.29, 0.717) is 6.04 Å². The van der Waals surface area contributed by atoms with Crippen molar-refractivity contribution in [2.45, 2.75) is 19.4 Å². The Morgan fingerprint density at radius 3 is 2.56 bits per heavy atom. The highest BCUT2D eigenvalue weighted by Gasteiger charge is 2.27. The molecule has 0 aromatic carbocycles. The van der Waals surface area contributed by atoms with E-state index in [1.807, 2.05) is 18.7 Å². The van der Waals surface area contributed by atoms with Crippen molar-refractivity contribution in [2.24, 2.45) is 7.05 Å². The maximum atomic E-state index is 6.07. The topological polar surface area (TPSA) is 50.3 Å². The van der Waals surface area contributed by atoms with Crippen LogP contribution >= 0.6 is 0 Å². The summed E-state index contributed by atoms with van der Waals surface area (Å²) in [4.78, 5) is 4.61. The van der Waals surface area contributed by atoms with Crippen molar-refractivity contribution in [1.29, 1.82) is 0 Å². The van der Waals surface area contributed by atoms with Crippen LogP contribution in [0.5, 0.6) is 0 Å². The van der Waals surface area contributed by atoms with Crippen LogP contribution in [0.15, 0.2) is 0 Å². The number of nitrogens with zero attached hydrogens (tertiary/aromatic N) is 4. The molecule has 1 atom stereocenters. The van der Waals surface area contributed by atoms with Crippen LogP contribution in [0.2, 0.25) is 0 Å². The predicted molar refractivity (Wildman–Crippen MR) is 66.7 cm³/mol. The van der Waals surface area contributed by atoms with Crippen LogP contribution in [0.1, 0.15) is 12.1 Å². The van der Waals surface area contributed by atoms with Gasteiger partial charge in [-0.15, -0.1) is 0 Å². The van der Waals surface area contributed by atoms with E-state index in [4.69, 9.17) is 5.73 Å².